The van der Waals surface area contributed by atoms with Crippen molar-refractivity contribution < 1.29 is 14.7 Å². The summed E-state index contributed by atoms with van der Waals surface area (Å²) < 4.78 is 0. The van der Waals surface area contributed by atoms with E-state index in [1.807, 2.05) is 0 Å². The van der Waals surface area contributed by atoms with Crippen molar-refractivity contribution in [2.75, 3.05) is 18.4 Å². The monoisotopic (exact) mass is 275 g/mol. The van der Waals surface area contributed by atoms with Crippen LogP contribution in [0.2, 0.25) is 0 Å². The van der Waals surface area contributed by atoms with E-state index in [0.717, 1.165) is 19.4 Å². The van der Waals surface area contributed by atoms with E-state index in [4.69, 9.17) is 5.11 Å². The van der Waals surface area contributed by atoms with E-state index in [0.29, 0.717) is 23.6 Å². The Labute approximate surface area is 116 Å². The van der Waals surface area contributed by atoms with Crippen molar-refractivity contribution in [1.82, 2.24) is 5.32 Å². The van der Waals surface area contributed by atoms with E-state index < -0.39 is 5.97 Å². The molecule has 0 saturated carbocycles. The molecule has 3 N–H and O–H groups in total. The first-order chi connectivity index (χ1) is 9.65. The molecule has 0 fully saturated rings. The van der Waals surface area contributed by atoms with Gasteiger partial charge in [0.15, 0.2) is 5.84 Å². The molecule has 1 heterocycles. The lowest BCUT2D eigenvalue weighted by molar-refractivity contribution is -0.136. The van der Waals surface area contributed by atoms with E-state index in [1.165, 1.54) is 0 Å². The van der Waals surface area contributed by atoms with Gasteiger partial charge in [-0.05, 0) is 30.5 Å². The molecule has 0 unspecified atom stereocenters. The molecule has 0 saturated heterocycles. The van der Waals surface area contributed by atoms with Crippen molar-refractivity contribution in [2.45, 2.75) is 19.3 Å². The number of benzene rings is 1. The summed E-state index contributed by atoms with van der Waals surface area (Å²) >= 11 is 0. The van der Waals surface area contributed by atoms with Crippen LogP contribution in [0.1, 0.15) is 18.4 Å². The first kappa shape index (κ1) is 14.0. The summed E-state index contributed by atoms with van der Waals surface area (Å²) in [6.07, 6.45) is 1.96. The molecule has 0 bridgehead atoms. The summed E-state index contributed by atoms with van der Waals surface area (Å²) in [6, 6.07) is 6.75. The third kappa shape index (κ3) is 4.08. The van der Waals surface area contributed by atoms with Crippen molar-refractivity contribution in [2.24, 2.45) is 4.99 Å². The van der Waals surface area contributed by atoms with Gasteiger partial charge in [0.25, 0.3) is 5.91 Å². The van der Waals surface area contributed by atoms with Crippen LogP contribution in [0.4, 0.5) is 5.69 Å². The Morgan fingerprint density at radius 3 is 2.70 bits per heavy atom. The van der Waals surface area contributed by atoms with Gasteiger partial charge in [0.1, 0.15) is 0 Å². The van der Waals surface area contributed by atoms with Gasteiger partial charge in [0.05, 0.1) is 6.42 Å². The number of nitrogens with one attached hydrogen (secondary N) is 2. The predicted molar refractivity (Wildman–Crippen MR) is 76.0 cm³/mol. The lowest BCUT2D eigenvalue weighted by atomic mass is 10.1. The Morgan fingerprint density at radius 1 is 1.25 bits per heavy atom. The molecular weight excluding hydrogens is 258 g/mol. The Kier molecular flexibility index (Phi) is 4.70. The van der Waals surface area contributed by atoms with E-state index in [-0.39, 0.29) is 12.3 Å². The molecule has 106 valence electrons. The molecule has 1 aromatic carbocycles. The average molecular weight is 275 g/mol. The molecule has 20 heavy (non-hydrogen) atoms. The summed E-state index contributed by atoms with van der Waals surface area (Å²) in [6.45, 7) is 1.41. The van der Waals surface area contributed by atoms with Gasteiger partial charge in [-0.25, -0.2) is 0 Å². The first-order valence-electron chi connectivity index (χ1n) is 6.55. The second-order valence-corrected chi connectivity index (χ2v) is 4.59. The molecule has 1 amide bonds. The third-order valence-corrected chi connectivity index (χ3v) is 2.93. The number of hydrogen-bond acceptors (Lipinski definition) is 4. The second kappa shape index (κ2) is 6.70. The zero-order valence-corrected chi connectivity index (χ0v) is 11.1. The predicted octanol–water partition coefficient (Wildman–Crippen LogP) is 1.03. The second-order valence-electron chi connectivity index (χ2n) is 4.59. The molecule has 1 aliphatic rings. The third-order valence-electron chi connectivity index (χ3n) is 2.93. The molecule has 0 aliphatic carbocycles. The number of carbonyl (C=O) groups excluding carboxylic acids is 1. The van der Waals surface area contributed by atoms with Crippen LogP contribution in [0.25, 0.3) is 0 Å². The number of carbonyl (C=O) groups is 2. The lowest BCUT2D eigenvalue weighted by Gasteiger charge is -2.08. The van der Waals surface area contributed by atoms with Gasteiger partial charge in [0.2, 0.25) is 0 Å². The Bertz CT molecular complexity index is 523. The van der Waals surface area contributed by atoms with Gasteiger partial charge in [-0.15, -0.1) is 0 Å². The molecule has 0 radical (unpaired) electrons. The summed E-state index contributed by atoms with van der Waals surface area (Å²) in [7, 11) is 0. The van der Waals surface area contributed by atoms with Crippen LogP contribution in [0.15, 0.2) is 29.3 Å². The summed E-state index contributed by atoms with van der Waals surface area (Å²) in [5.41, 5.74) is 1.32. The fraction of sp³-hybridized carbons (Fsp3) is 0.357. The smallest absolute Gasteiger partial charge is 0.307 e. The minimum Gasteiger partial charge on any atom is -0.481 e. The van der Waals surface area contributed by atoms with Gasteiger partial charge < -0.3 is 15.7 Å². The highest BCUT2D eigenvalue weighted by molar-refractivity contribution is 6.42. The molecule has 1 aromatic rings. The standard InChI is InChI=1S/C14H17N3O3/c18-12(19)9-10-3-5-11(6-4-10)17-14(20)13-15-7-1-2-8-16-13/h3-6H,1-2,7-9H2,(H,15,16)(H,17,20)(H,18,19). The van der Waals surface area contributed by atoms with E-state index in [1.54, 1.807) is 24.3 Å². The van der Waals surface area contributed by atoms with Crippen LogP contribution in [-0.4, -0.2) is 35.9 Å². The molecule has 0 spiro atoms. The number of hydrogen-bond donors (Lipinski definition) is 3. The van der Waals surface area contributed by atoms with Crippen molar-refractivity contribution in [3.8, 4) is 0 Å². The molecule has 0 atom stereocenters. The van der Waals surface area contributed by atoms with E-state index in [2.05, 4.69) is 15.6 Å². The maximum atomic E-state index is 12.0. The Balaban J connectivity index is 1.97. The van der Waals surface area contributed by atoms with Gasteiger partial charge in [-0.3, -0.25) is 14.6 Å². The van der Waals surface area contributed by atoms with Gasteiger partial charge >= 0.3 is 5.97 Å². The van der Waals surface area contributed by atoms with Crippen LogP contribution in [0.5, 0.6) is 0 Å². The minimum absolute atomic E-state index is 0.0253. The first-order valence-corrected chi connectivity index (χ1v) is 6.55. The minimum atomic E-state index is -0.876. The van der Waals surface area contributed by atoms with Crippen LogP contribution < -0.4 is 10.6 Å². The van der Waals surface area contributed by atoms with Crippen molar-refractivity contribution >= 4 is 23.4 Å². The van der Waals surface area contributed by atoms with Crippen molar-refractivity contribution in [3.05, 3.63) is 29.8 Å². The van der Waals surface area contributed by atoms with Crippen LogP contribution in [0.3, 0.4) is 0 Å². The Morgan fingerprint density at radius 2 is 2.00 bits per heavy atom. The van der Waals surface area contributed by atoms with Crippen LogP contribution in [-0.2, 0) is 16.0 Å². The maximum absolute atomic E-state index is 12.0. The highest BCUT2D eigenvalue weighted by Gasteiger charge is 2.12. The van der Waals surface area contributed by atoms with Crippen molar-refractivity contribution in [1.29, 1.82) is 0 Å². The molecule has 0 aromatic heterocycles. The van der Waals surface area contributed by atoms with Crippen LogP contribution >= 0.6 is 0 Å². The van der Waals surface area contributed by atoms with Gasteiger partial charge in [0, 0.05) is 18.8 Å². The number of aliphatic imine (C=N–C) groups is 1. The molecule has 2 rings (SSSR count). The quantitative estimate of drug-likeness (QED) is 0.765. The van der Waals surface area contributed by atoms with Crippen LogP contribution in [0, 0.1) is 0 Å². The average Bonchev–Trinajstić information content (AvgIpc) is 2.69. The highest BCUT2D eigenvalue weighted by Crippen LogP contribution is 2.10. The zero-order valence-electron chi connectivity index (χ0n) is 11.1. The number of carboxylic acids is 1. The topological polar surface area (TPSA) is 90.8 Å². The number of amidine groups is 1. The molecule has 6 nitrogen and oxygen atoms in total. The summed E-state index contributed by atoms with van der Waals surface area (Å²) in [5.74, 6) is -0.784. The lowest BCUT2D eigenvalue weighted by Crippen LogP contribution is -2.35. The number of anilines is 1. The molecule has 1 aliphatic heterocycles. The largest absolute Gasteiger partial charge is 0.481 e. The SMILES string of the molecule is O=C(O)Cc1ccc(NC(=O)C2=NCCCCN2)cc1. The fourth-order valence-corrected chi connectivity index (χ4v) is 1.91. The molecule has 6 heteroatoms. The Hall–Kier alpha value is -2.37. The number of nitrogens with zero attached hydrogens (tertiary/aromatic N) is 1. The summed E-state index contributed by atoms with van der Waals surface area (Å²) in [4.78, 5) is 26.8. The van der Waals surface area contributed by atoms with Gasteiger partial charge in [-0.1, -0.05) is 12.1 Å². The van der Waals surface area contributed by atoms with E-state index in [9.17, 15) is 9.59 Å². The maximum Gasteiger partial charge on any atom is 0.307 e. The fourth-order valence-electron chi connectivity index (χ4n) is 1.91. The van der Waals surface area contributed by atoms with Gasteiger partial charge in [-0.2, -0.15) is 0 Å². The highest BCUT2D eigenvalue weighted by atomic mass is 16.4. The van der Waals surface area contributed by atoms with Crippen molar-refractivity contribution in [3.63, 3.8) is 0 Å². The number of rotatable bonds is 4. The summed E-state index contributed by atoms with van der Waals surface area (Å²) in [5, 5.41) is 14.4. The number of amides is 1. The number of carboxylic acid groups (broad SMARTS) is 1. The number of aliphatic carboxylic acids is 1. The normalized spacial score (nSPS) is 14.7. The van der Waals surface area contributed by atoms with E-state index >= 15 is 0 Å². The zero-order chi connectivity index (χ0) is 14.4. The molecular formula is C14H17N3O3.